The minimum absolute atomic E-state index is 0.110. The van der Waals surface area contributed by atoms with Crippen LogP contribution in [0.4, 0.5) is 10.1 Å². The highest BCUT2D eigenvalue weighted by atomic mass is 32.2. The maximum Gasteiger partial charge on any atom is 0.265 e. The van der Waals surface area contributed by atoms with Gasteiger partial charge < -0.3 is 15.2 Å². The first-order valence-corrected chi connectivity index (χ1v) is 12.8. The van der Waals surface area contributed by atoms with Crippen molar-refractivity contribution < 1.29 is 9.18 Å². The van der Waals surface area contributed by atoms with E-state index < -0.39 is 5.91 Å². The summed E-state index contributed by atoms with van der Waals surface area (Å²) in [7, 11) is 1.85. The van der Waals surface area contributed by atoms with Gasteiger partial charge in [0.1, 0.15) is 11.5 Å². The highest BCUT2D eigenvalue weighted by Crippen LogP contribution is 2.33. The zero-order valence-corrected chi connectivity index (χ0v) is 21.3. The Bertz CT molecular complexity index is 1320. The molecule has 1 saturated heterocycles. The number of nitrogens with zero attached hydrogens (tertiary/aromatic N) is 3. The van der Waals surface area contributed by atoms with Crippen molar-refractivity contribution in [1.29, 1.82) is 0 Å². The second-order valence-electron chi connectivity index (χ2n) is 8.84. The van der Waals surface area contributed by atoms with Crippen molar-refractivity contribution >= 4 is 34.3 Å². The van der Waals surface area contributed by atoms with E-state index in [1.54, 1.807) is 30.1 Å². The first-order chi connectivity index (χ1) is 16.9. The topological polar surface area (TPSA) is 79.9 Å². The first-order valence-electron chi connectivity index (χ1n) is 12.0. The molecule has 3 heterocycles. The summed E-state index contributed by atoms with van der Waals surface area (Å²) in [6.07, 6.45) is 6.38. The van der Waals surface area contributed by atoms with E-state index in [1.807, 2.05) is 42.8 Å². The lowest BCUT2D eigenvalue weighted by atomic mass is 10.1. The number of hydrogen-bond acceptors (Lipinski definition) is 4. The van der Waals surface area contributed by atoms with Crippen LogP contribution in [0.3, 0.4) is 0 Å². The molecule has 0 radical (unpaired) electrons. The third-order valence-electron chi connectivity index (χ3n) is 6.39. The van der Waals surface area contributed by atoms with Crippen molar-refractivity contribution in [3.8, 4) is 0 Å². The van der Waals surface area contributed by atoms with E-state index in [0.29, 0.717) is 5.69 Å². The number of hydrogen-bond donors (Lipinski definition) is 2. The molecule has 1 amide bonds. The molecule has 3 N–H and O–H groups in total. The smallest absolute Gasteiger partial charge is 0.265 e. The second-order valence-corrected chi connectivity index (χ2v) is 9.96. The maximum atomic E-state index is 13.1. The molecule has 1 fully saturated rings. The van der Waals surface area contributed by atoms with Crippen LogP contribution in [0.25, 0.3) is 10.9 Å². The van der Waals surface area contributed by atoms with E-state index in [0.717, 1.165) is 52.3 Å². The molecule has 8 heteroatoms. The fourth-order valence-corrected chi connectivity index (χ4v) is 5.44. The predicted molar refractivity (Wildman–Crippen MR) is 141 cm³/mol. The number of fused-ring (bicyclic) bond motifs is 1. The van der Waals surface area contributed by atoms with Gasteiger partial charge in [-0.05, 0) is 74.2 Å². The molecular formula is C27H32FN5OS. The molecule has 2 aromatic carbocycles. The molecule has 1 aliphatic heterocycles. The summed E-state index contributed by atoms with van der Waals surface area (Å²) in [5.74, 6) is -0.519. The van der Waals surface area contributed by atoms with Crippen LogP contribution >= 0.6 is 11.8 Å². The summed E-state index contributed by atoms with van der Waals surface area (Å²) in [4.78, 5) is 15.9. The fourth-order valence-electron chi connectivity index (χ4n) is 4.41. The first kappa shape index (κ1) is 24.9. The van der Waals surface area contributed by atoms with Crippen molar-refractivity contribution in [2.45, 2.75) is 49.3 Å². The summed E-state index contributed by atoms with van der Waals surface area (Å²) in [5, 5.41) is 8.00. The average molecular weight is 494 g/mol. The second kappa shape index (κ2) is 11.0. The Morgan fingerprint density at radius 1 is 1.17 bits per heavy atom. The quantitative estimate of drug-likeness (QED) is 0.354. The highest BCUT2D eigenvalue weighted by Gasteiger charge is 2.16. The summed E-state index contributed by atoms with van der Waals surface area (Å²) >= 11 is 1.61. The standard InChI is InChI=1S/C14H14N4OS.C13H18FN/c1-8-13(6-12(14(15)19)18(8)2)20-10-3-4-11-9(5-10)7-16-17-11;1-2-5-11-10-12(14)6-7-13(11)15-8-3-4-9-15/h3-7H,1-2H3,(H2,15,19)(H,16,17);6-7,10H,2-5,8-9H2,1H3. The minimum atomic E-state index is -0.410. The lowest BCUT2D eigenvalue weighted by Crippen LogP contribution is -2.19. The lowest BCUT2D eigenvalue weighted by molar-refractivity contribution is 0.0992. The Labute approximate surface area is 209 Å². The summed E-state index contributed by atoms with van der Waals surface area (Å²) in [6.45, 7) is 6.37. The largest absolute Gasteiger partial charge is 0.371 e. The Balaban J connectivity index is 0.000000172. The van der Waals surface area contributed by atoms with Gasteiger partial charge in [-0.25, -0.2) is 4.39 Å². The zero-order chi connectivity index (χ0) is 24.9. The minimum Gasteiger partial charge on any atom is -0.371 e. The van der Waals surface area contributed by atoms with Gasteiger partial charge in [-0.3, -0.25) is 9.89 Å². The van der Waals surface area contributed by atoms with E-state index >= 15 is 0 Å². The third-order valence-corrected chi connectivity index (χ3v) is 7.51. The van der Waals surface area contributed by atoms with Gasteiger partial charge >= 0.3 is 0 Å². The van der Waals surface area contributed by atoms with Crippen LogP contribution in [0, 0.1) is 12.7 Å². The molecule has 1 aliphatic rings. The number of nitrogens with one attached hydrogen (secondary N) is 1. The number of aryl methyl sites for hydroxylation is 1. The SMILES string of the molecule is CCCc1cc(F)ccc1N1CCCC1.Cc1c(Sc2ccc3[nH]ncc3c2)cc(C(N)=O)n1C. The highest BCUT2D eigenvalue weighted by molar-refractivity contribution is 7.99. The Morgan fingerprint density at radius 2 is 1.94 bits per heavy atom. The Hall–Kier alpha value is -3.26. The number of nitrogens with two attached hydrogens (primary N) is 1. The van der Waals surface area contributed by atoms with Crippen LogP contribution in [0.5, 0.6) is 0 Å². The average Bonchev–Trinajstić information content (AvgIpc) is 3.58. The Kier molecular flexibility index (Phi) is 7.80. The van der Waals surface area contributed by atoms with E-state index in [9.17, 15) is 9.18 Å². The normalized spacial score (nSPS) is 13.2. The molecule has 5 rings (SSSR count). The van der Waals surface area contributed by atoms with E-state index in [2.05, 4.69) is 28.1 Å². The lowest BCUT2D eigenvalue weighted by Gasteiger charge is -2.21. The fraction of sp³-hybridized carbons (Fsp3) is 0.333. The number of H-pyrrole nitrogens is 1. The van der Waals surface area contributed by atoms with E-state index in [1.165, 1.54) is 24.1 Å². The maximum absolute atomic E-state index is 13.1. The number of rotatable bonds is 6. The Morgan fingerprint density at radius 3 is 2.63 bits per heavy atom. The van der Waals surface area contributed by atoms with Crippen molar-refractivity contribution in [1.82, 2.24) is 14.8 Å². The van der Waals surface area contributed by atoms with Crippen LogP contribution < -0.4 is 10.6 Å². The number of amides is 1. The van der Waals surface area contributed by atoms with Gasteiger partial charge in [0.2, 0.25) is 0 Å². The number of aromatic amines is 1. The van der Waals surface area contributed by atoms with Crippen LogP contribution in [0.15, 0.2) is 58.5 Å². The van der Waals surface area contributed by atoms with Crippen molar-refractivity contribution in [2.75, 3.05) is 18.0 Å². The molecule has 0 bridgehead atoms. The van der Waals surface area contributed by atoms with E-state index in [-0.39, 0.29) is 5.82 Å². The van der Waals surface area contributed by atoms with Crippen LogP contribution in [0.1, 0.15) is 47.9 Å². The molecule has 0 spiro atoms. The van der Waals surface area contributed by atoms with Gasteiger partial charge in [-0.2, -0.15) is 5.10 Å². The molecular weight excluding hydrogens is 461 g/mol. The van der Waals surface area contributed by atoms with Crippen molar-refractivity contribution in [3.63, 3.8) is 0 Å². The van der Waals surface area contributed by atoms with Gasteiger partial charge in [0, 0.05) is 46.7 Å². The van der Waals surface area contributed by atoms with Gasteiger partial charge in [0.25, 0.3) is 5.91 Å². The number of anilines is 1. The molecule has 184 valence electrons. The molecule has 35 heavy (non-hydrogen) atoms. The molecule has 0 unspecified atom stereocenters. The number of halogens is 1. The number of carbonyl (C=O) groups is 1. The van der Waals surface area contributed by atoms with Crippen LogP contribution in [0.2, 0.25) is 0 Å². The van der Waals surface area contributed by atoms with Gasteiger partial charge in [0.15, 0.2) is 0 Å². The van der Waals surface area contributed by atoms with Crippen LogP contribution in [-0.4, -0.2) is 33.8 Å². The molecule has 6 nitrogen and oxygen atoms in total. The number of aromatic nitrogens is 3. The van der Waals surface area contributed by atoms with Gasteiger partial charge in [0.05, 0.1) is 11.7 Å². The van der Waals surface area contributed by atoms with Gasteiger partial charge in [-0.15, -0.1) is 0 Å². The monoisotopic (exact) mass is 493 g/mol. The number of benzene rings is 2. The van der Waals surface area contributed by atoms with Gasteiger partial charge in [-0.1, -0.05) is 25.1 Å². The summed E-state index contributed by atoms with van der Waals surface area (Å²) < 4.78 is 15.0. The number of primary amides is 1. The molecule has 0 saturated carbocycles. The summed E-state index contributed by atoms with van der Waals surface area (Å²) in [5.41, 5.74) is 10.3. The molecule has 4 aromatic rings. The molecule has 0 atom stereocenters. The van der Waals surface area contributed by atoms with Crippen molar-refractivity contribution in [2.24, 2.45) is 12.8 Å². The van der Waals surface area contributed by atoms with E-state index in [4.69, 9.17) is 5.73 Å². The number of carbonyl (C=O) groups excluding carboxylic acids is 1. The third kappa shape index (κ3) is 5.70. The predicted octanol–water partition coefficient (Wildman–Crippen LogP) is 5.84. The molecule has 2 aromatic heterocycles. The molecule has 0 aliphatic carbocycles. The van der Waals surface area contributed by atoms with Crippen LogP contribution in [-0.2, 0) is 13.5 Å². The zero-order valence-electron chi connectivity index (χ0n) is 20.5. The van der Waals surface area contributed by atoms with Crippen molar-refractivity contribution in [3.05, 3.63) is 71.4 Å². The summed E-state index contributed by atoms with van der Waals surface area (Å²) in [6, 6.07) is 13.1.